The number of carbonyl (C=O) groups is 2. The molecule has 53 heavy (non-hydrogen) atoms. The molecular formula is C39H56ClN3O10. The van der Waals surface area contributed by atoms with E-state index in [1.807, 2.05) is 45.0 Å². The van der Waals surface area contributed by atoms with Crippen LogP contribution in [0.5, 0.6) is 11.5 Å². The summed E-state index contributed by atoms with van der Waals surface area (Å²) >= 11 is 6.62. The van der Waals surface area contributed by atoms with E-state index in [1.165, 1.54) is 45.6 Å². The van der Waals surface area contributed by atoms with Gasteiger partial charge in [0.2, 0.25) is 0 Å². The van der Waals surface area contributed by atoms with Gasteiger partial charge in [0.1, 0.15) is 53.9 Å². The lowest BCUT2D eigenvalue weighted by molar-refractivity contribution is -0.261. The molecule has 0 saturated carbocycles. The van der Waals surface area contributed by atoms with Crippen LogP contribution in [0.3, 0.4) is 0 Å². The van der Waals surface area contributed by atoms with Crippen LogP contribution in [-0.2, 0) is 32.2 Å². The van der Waals surface area contributed by atoms with E-state index in [2.05, 4.69) is 9.88 Å². The number of aliphatic hydroxyl groups excluding tert-OH is 3. The van der Waals surface area contributed by atoms with Crippen molar-refractivity contribution >= 4 is 34.5 Å². The van der Waals surface area contributed by atoms with Crippen LogP contribution in [0.4, 0.5) is 0 Å². The number of nitrogens with zero attached hydrogens (tertiary/aromatic N) is 2. The van der Waals surface area contributed by atoms with Crippen molar-refractivity contribution in [3.05, 3.63) is 52.8 Å². The number of hydrogen-bond acceptors (Lipinski definition) is 11. The maximum atomic E-state index is 13.4. The minimum absolute atomic E-state index is 0.0658. The fourth-order valence-corrected chi connectivity index (χ4v) is 6.67. The number of rotatable bonds is 20. The zero-order valence-electron chi connectivity index (χ0n) is 31.5. The van der Waals surface area contributed by atoms with Crippen molar-refractivity contribution in [3.63, 3.8) is 0 Å². The minimum Gasteiger partial charge on any atom is -0.496 e. The monoisotopic (exact) mass is 761 g/mol. The molecule has 0 spiro atoms. The standard InChI is InChI=1S/C39H56ClN3O10/c1-39(2,3)53-33(45)19-13-11-9-7-6-8-10-12-16-20-43-28-18-15-14-17-27(28)41-32(43)24-51-30-22-29(49-4)25(21-26(30)40)37(48)42-34-36(47)35(46)31(23-44)52-38(34)50-5/h14-15,17-18,21-22,31,34-36,38,44,46-47H,6-13,16,19-20,23-24H2,1-5H3,(H,42,48)/t31-,34-,35-,36-,38+/m1/s1. The zero-order chi connectivity index (χ0) is 38.5. The quantitative estimate of drug-likeness (QED) is 0.0822. The fraction of sp³-hybridized carbons (Fsp3) is 0.615. The number of unbranched alkanes of at least 4 members (excludes halogenated alkanes) is 8. The van der Waals surface area contributed by atoms with E-state index in [-0.39, 0.29) is 28.9 Å². The summed E-state index contributed by atoms with van der Waals surface area (Å²) in [5, 5.41) is 33.2. The topological polar surface area (TPSA) is 171 Å². The summed E-state index contributed by atoms with van der Waals surface area (Å²) in [7, 11) is 2.73. The molecule has 1 amide bonds. The number of benzene rings is 2. The van der Waals surface area contributed by atoms with Gasteiger partial charge in [-0.05, 0) is 51.8 Å². The fourth-order valence-electron chi connectivity index (χ4n) is 6.45. The number of aryl methyl sites for hydroxylation is 1. The molecule has 1 aliphatic heterocycles. The molecule has 1 aromatic heterocycles. The predicted molar refractivity (Wildman–Crippen MR) is 200 cm³/mol. The third-order valence-electron chi connectivity index (χ3n) is 9.18. The number of ether oxygens (including phenoxy) is 5. The number of para-hydroxylation sites is 2. The summed E-state index contributed by atoms with van der Waals surface area (Å²) in [6, 6.07) is 9.73. The number of esters is 1. The van der Waals surface area contributed by atoms with Gasteiger partial charge in [-0.3, -0.25) is 9.59 Å². The second-order valence-corrected chi connectivity index (χ2v) is 14.8. The molecule has 3 aromatic rings. The number of imidazole rings is 1. The van der Waals surface area contributed by atoms with Crippen molar-refractivity contribution in [3.8, 4) is 11.5 Å². The van der Waals surface area contributed by atoms with Gasteiger partial charge in [0, 0.05) is 26.1 Å². The van der Waals surface area contributed by atoms with Crippen LogP contribution in [0, 0.1) is 0 Å². The van der Waals surface area contributed by atoms with Gasteiger partial charge >= 0.3 is 5.97 Å². The number of carbonyl (C=O) groups excluding carboxylic acids is 2. The van der Waals surface area contributed by atoms with E-state index in [1.54, 1.807) is 0 Å². The van der Waals surface area contributed by atoms with Crippen LogP contribution in [0.25, 0.3) is 11.0 Å². The number of hydrogen-bond donors (Lipinski definition) is 4. The van der Waals surface area contributed by atoms with E-state index in [0.29, 0.717) is 12.2 Å². The Morgan fingerprint density at radius 1 is 0.943 bits per heavy atom. The first-order valence-electron chi connectivity index (χ1n) is 18.5. The Balaban J connectivity index is 1.29. The lowest BCUT2D eigenvalue weighted by atomic mass is 9.96. The van der Waals surface area contributed by atoms with Gasteiger partial charge in [-0.25, -0.2) is 4.98 Å². The molecule has 14 heteroatoms. The van der Waals surface area contributed by atoms with Crippen LogP contribution in [0.2, 0.25) is 5.02 Å². The van der Waals surface area contributed by atoms with Gasteiger partial charge in [-0.15, -0.1) is 0 Å². The molecule has 1 fully saturated rings. The van der Waals surface area contributed by atoms with E-state index in [0.717, 1.165) is 61.9 Å². The summed E-state index contributed by atoms with van der Waals surface area (Å²) in [6.07, 6.45) is 5.17. The molecule has 4 N–H and O–H groups in total. The Hall–Kier alpha value is -3.46. The Morgan fingerprint density at radius 3 is 2.25 bits per heavy atom. The van der Waals surface area contributed by atoms with E-state index in [9.17, 15) is 24.9 Å². The largest absolute Gasteiger partial charge is 0.496 e. The number of nitrogens with one attached hydrogen (secondary N) is 1. The maximum absolute atomic E-state index is 13.4. The van der Waals surface area contributed by atoms with Crippen molar-refractivity contribution in [2.24, 2.45) is 0 Å². The number of fused-ring (bicyclic) bond motifs is 1. The number of halogens is 1. The van der Waals surface area contributed by atoms with Gasteiger partial charge in [0.25, 0.3) is 5.91 Å². The van der Waals surface area contributed by atoms with Crippen LogP contribution in [0.1, 0.15) is 101 Å². The molecule has 0 aliphatic carbocycles. The Kier molecular flexibility index (Phi) is 16.2. The van der Waals surface area contributed by atoms with E-state index >= 15 is 0 Å². The summed E-state index contributed by atoms with van der Waals surface area (Å²) in [5.41, 5.74) is 1.53. The average molecular weight is 762 g/mol. The summed E-state index contributed by atoms with van der Waals surface area (Å²) < 4.78 is 30.0. The summed E-state index contributed by atoms with van der Waals surface area (Å²) in [5.74, 6) is 0.434. The van der Waals surface area contributed by atoms with Crippen molar-refractivity contribution in [2.75, 3.05) is 20.8 Å². The van der Waals surface area contributed by atoms with Crippen LogP contribution >= 0.6 is 11.6 Å². The van der Waals surface area contributed by atoms with Crippen LogP contribution < -0.4 is 14.8 Å². The highest BCUT2D eigenvalue weighted by molar-refractivity contribution is 6.32. The van der Waals surface area contributed by atoms with Crippen molar-refractivity contribution in [1.29, 1.82) is 0 Å². The van der Waals surface area contributed by atoms with Gasteiger partial charge in [-0.1, -0.05) is 68.7 Å². The highest BCUT2D eigenvalue weighted by Crippen LogP contribution is 2.34. The predicted octanol–water partition coefficient (Wildman–Crippen LogP) is 5.70. The Labute approximate surface area is 316 Å². The van der Waals surface area contributed by atoms with Crippen molar-refractivity contribution in [2.45, 2.75) is 134 Å². The number of amides is 1. The molecule has 4 rings (SSSR count). The van der Waals surface area contributed by atoms with Gasteiger partial charge in [-0.2, -0.15) is 0 Å². The lowest BCUT2D eigenvalue weighted by Crippen LogP contribution is -2.64. The number of aromatic nitrogens is 2. The summed E-state index contributed by atoms with van der Waals surface area (Å²) in [6.45, 7) is 6.05. The highest BCUT2D eigenvalue weighted by Gasteiger charge is 2.45. The zero-order valence-corrected chi connectivity index (χ0v) is 32.3. The second kappa shape index (κ2) is 20.3. The van der Waals surface area contributed by atoms with Gasteiger partial charge < -0.3 is 48.9 Å². The Bertz CT molecular complexity index is 1620. The highest BCUT2D eigenvalue weighted by atomic mass is 35.5. The second-order valence-electron chi connectivity index (χ2n) is 14.4. The van der Waals surface area contributed by atoms with E-state index < -0.39 is 48.8 Å². The molecule has 2 aromatic carbocycles. The van der Waals surface area contributed by atoms with Gasteiger partial charge in [0.15, 0.2) is 6.29 Å². The molecule has 0 radical (unpaired) electrons. The smallest absolute Gasteiger partial charge is 0.306 e. The first-order chi connectivity index (χ1) is 25.4. The lowest BCUT2D eigenvalue weighted by Gasteiger charge is -2.41. The first kappa shape index (κ1) is 42.3. The minimum atomic E-state index is -1.47. The average Bonchev–Trinajstić information content (AvgIpc) is 3.48. The first-order valence-corrected chi connectivity index (χ1v) is 18.9. The molecule has 13 nitrogen and oxygen atoms in total. The SMILES string of the molecule is COc1cc(OCc2nc3ccccc3n2CCCCCCCCCCCC(=O)OC(C)(C)C)c(Cl)cc1C(=O)N[C@H]1[C@@H](OC)O[C@H](CO)[C@@H](O)[C@@H]1O. The number of aliphatic hydroxyl groups is 3. The molecule has 0 unspecified atom stereocenters. The summed E-state index contributed by atoms with van der Waals surface area (Å²) in [4.78, 5) is 30.1. The normalized spacial score (nSPS) is 20.4. The molecule has 2 heterocycles. The van der Waals surface area contributed by atoms with Crippen LogP contribution in [0.15, 0.2) is 36.4 Å². The maximum Gasteiger partial charge on any atom is 0.306 e. The molecular weight excluding hydrogens is 706 g/mol. The van der Waals surface area contributed by atoms with Crippen LogP contribution in [-0.4, -0.2) is 93.8 Å². The molecule has 1 saturated heterocycles. The van der Waals surface area contributed by atoms with Crippen molar-refractivity contribution in [1.82, 2.24) is 14.9 Å². The van der Waals surface area contributed by atoms with Gasteiger partial charge in [0.05, 0.1) is 35.3 Å². The third kappa shape index (κ3) is 12.0. The van der Waals surface area contributed by atoms with Crippen molar-refractivity contribution < 1.29 is 48.6 Å². The molecule has 5 atom stereocenters. The third-order valence-corrected chi connectivity index (χ3v) is 9.48. The molecule has 294 valence electrons. The molecule has 1 aliphatic rings. The molecule has 0 bridgehead atoms. The number of methoxy groups -OCH3 is 2. The Morgan fingerprint density at radius 2 is 1.60 bits per heavy atom. The van der Waals surface area contributed by atoms with E-state index in [4.69, 9.17) is 40.3 Å².